The van der Waals surface area contributed by atoms with Crippen LogP contribution in [0, 0.1) is 5.92 Å². The Hall–Kier alpha value is -5.04. The van der Waals surface area contributed by atoms with Crippen molar-refractivity contribution in [2.75, 3.05) is 6.26 Å². The highest BCUT2D eigenvalue weighted by Crippen LogP contribution is 2.13. The molecule has 1 unspecified atom stereocenters. The number of pyridine rings is 1. The van der Waals surface area contributed by atoms with Crippen LogP contribution >= 0.6 is 0 Å². The molecule has 1 aromatic heterocycles. The van der Waals surface area contributed by atoms with Gasteiger partial charge >= 0.3 is 0 Å². The van der Waals surface area contributed by atoms with Gasteiger partial charge in [-0.05, 0) is 65.1 Å². The van der Waals surface area contributed by atoms with E-state index in [1.165, 1.54) is 6.08 Å². The molecule has 0 aliphatic heterocycles. The molecule has 0 radical (unpaired) electrons. The van der Waals surface area contributed by atoms with Gasteiger partial charge in [-0.2, -0.15) is 0 Å². The Kier molecular flexibility index (Phi) is 15.0. The van der Waals surface area contributed by atoms with Gasteiger partial charge in [0.1, 0.15) is 18.1 Å². The topological polar surface area (TPSA) is 209 Å². The summed E-state index contributed by atoms with van der Waals surface area (Å²) in [6, 6.07) is 15.8. The summed E-state index contributed by atoms with van der Waals surface area (Å²) in [4.78, 5) is 48.0. The van der Waals surface area contributed by atoms with Gasteiger partial charge < -0.3 is 21.7 Å². The molecule has 14 heteroatoms. The molecule has 2 aromatic carbocycles. The maximum Gasteiger partial charge on any atom is 0.243 e. The van der Waals surface area contributed by atoms with Crippen molar-refractivity contribution < 1.29 is 22.8 Å². The molecule has 3 amide bonds. The quantitative estimate of drug-likeness (QED) is 0.0889. The molecule has 0 bridgehead atoms. The normalized spacial score (nSPS) is 13.9. The second-order valence-corrected chi connectivity index (χ2v) is 14.2. The van der Waals surface area contributed by atoms with Gasteiger partial charge in [0.15, 0.2) is 9.84 Å². The average molecular weight is 689 g/mol. The monoisotopic (exact) mass is 688 g/mol. The molecule has 4 atom stereocenters. The number of carbonyl (C=O) groups is 3. The Balaban J connectivity index is 1.88. The second-order valence-electron chi connectivity index (χ2n) is 12.2. The summed E-state index contributed by atoms with van der Waals surface area (Å²) in [6.07, 6.45) is 6.39. The van der Waals surface area contributed by atoms with Crippen molar-refractivity contribution in [3.63, 3.8) is 0 Å². The summed E-state index contributed by atoms with van der Waals surface area (Å²) >= 11 is 0. The minimum atomic E-state index is -3.49. The summed E-state index contributed by atoms with van der Waals surface area (Å²) in [5.74, 6) is -1.80. The maximum atomic E-state index is 13.9. The van der Waals surface area contributed by atoms with E-state index in [1.807, 2.05) is 32.0 Å². The number of nitrogens with one attached hydrogen (secondary N) is 3. The van der Waals surface area contributed by atoms with Gasteiger partial charge in [-0.15, -0.1) is 0 Å². The highest BCUT2D eigenvalue weighted by atomic mass is 32.2. The van der Waals surface area contributed by atoms with Crippen LogP contribution in [-0.4, -0.2) is 61.5 Å². The van der Waals surface area contributed by atoms with Gasteiger partial charge in [0.05, 0.1) is 6.04 Å². The molecule has 0 saturated heterocycles. The van der Waals surface area contributed by atoms with Crippen molar-refractivity contribution >= 4 is 27.6 Å². The van der Waals surface area contributed by atoms with E-state index in [4.69, 9.17) is 5.73 Å². The lowest BCUT2D eigenvalue weighted by atomic mass is 9.99. The third-order valence-corrected chi connectivity index (χ3v) is 8.18. The lowest BCUT2D eigenvalue weighted by Crippen LogP contribution is -2.56. The van der Waals surface area contributed by atoms with Crippen LogP contribution in [-0.2, 0) is 50.0 Å². The number of nitrogens with two attached hydrogens (primary N) is 1. The van der Waals surface area contributed by atoms with Crippen LogP contribution in [0.15, 0.2) is 95.7 Å². The van der Waals surface area contributed by atoms with E-state index in [0.717, 1.165) is 33.9 Å². The SMILES string of the molecule is CC(C)C[C@H](NC(=O)[C@H](Cc1ccc(CN)cc1)NC(=O)C(Cc1ccccc1)N=[N+]=[N-])C(=O)N[C@H](/C=C/S(C)(=O)=O)Cc1ccncc1. The first-order valence-corrected chi connectivity index (χ1v) is 17.9. The molecule has 0 aliphatic rings. The molecule has 260 valence electrons. The number of amides is 3. The van der Waals surface area contributed by atoms with Crippen molar-refractivity contribution in [1.82, 2.24) is 20.9 Å². The van der Waals surface area contributed by atoms with Crippen molar-refractivity contribution in [2.24, 2.45) is 16.8 Å². The number of rotatable bonds is 18. The lowest BCUT2D eigenvalue weighted by Gasteiger charge is -2.26. The van der Waals surface area contributed by atoms with E-state index in [1.54, 1.807) is 60.9 Å². The summed E-state index contributed by atoms with van der Waals surface area (Å²) in [6.45, 7) is 4.13. The molecule has 5 N–H and O–H groups in total. The van der Waals surface area contributed by atoms with Gasteiger partial charge in [-0.25, -0.2) is 8.42 Å². The fraction of sp³-hybridized carbons (Fsp3) is 0.371. The van der Waals surface area contributed by atoms with Gasteiger partial charge in [-0.1, -0.05) is 79.6 Å². The second kappa shape index (κ2) is 19.1. The molecule has 0 aliphatic carbocycles. The van der Waals surface area contributed by atoms with E-state index < -0.39 is 51.7 Å². The molecule has 0 fully saturated rings. The van der Waals surface area contributed by atoms with Crippen LogP contribution in [0.3, 0.4) is 0 Å². The highest BCUT2D eigenvalue weighted by Gasteiger charge is 2.30. The molecule has 49 heavy (non-hydrogen) atoms. The molecule has 3 rings (SSSR count). The number of benzene rings is 2. The van der Waals surface area contributed by atoms with E-state index in [-0.39, 0.29) is 31.6 Å². The van der Waals surface area contributed by atoms with Crippen LogP contribution in [0.1, 0.15) is 42.5 Å². The Bertz CT molecular complexity index is 1710. The predicted molar refractivity (Wildman–Crippen MR) is 188 cm³/mol. The van der Waals surface area contributed by atoms with Crippen molar-refractivity contribution in [3.8, 4) is 0 Å². The summed E-state index contributed by atoms with van der Waals surface area (Å²) in [7, 11) is -3.49. The summed E-state index contributed by atoms with van der Waals surface area (Å²) in [5, 5.41) is 13.2. The largest absolute Gasteiger partial charge is 0.348 e. The van der Waals surface area contributed by atoms with Crippen LogP contribution in [0.5, 0.6) is 0 Å². The molecular formula is C35H44N8O5S. The standard InChI is InChI=1S/C35H44N8O5S/c1-24(2)19-30(33(44)39-29(15-18-49(3,47)48)20-27-13-16-38-17-14-27)40-34(45)31(21-26-9-11-28(23-36)12-10-26)41-35(46)32(42-43-37)22-25-7-5-4-6-8-25/h4-18,24,29-32H,19-23,36H2,1-3H3,(H,39,44)(H,40,45)(H,41,46)/b18-15+/t29-,30+,31+,32?/m1/s1. The zero-order valence-corrected chi connectivity index (χ0v) is 28.7. The predicted octanol–water partition coefficient (Wildman–Crippen LogP) is 3.31. The van der Waals surface area contributed by atoms with Gasteiger partial charge in [0.2, 0.25) is 17.7 Å². The van der Waals surface area contributed by atoms with Crippen molar-refractivity contribution in [2.45, 2.75) is 70.2 Å². The Morgan fingerprint density at radius 3 is 1.98 bits per heavy atom. The molecular weight excluding hydrogens is 645 g/mol. The maximum absolute atomic E-state index is 13.9. The molecule has 13 nitrogen and oxygen atoms in total. The molecule has 3 aromatic rings. The van der Waals surface area contributed by atoms with Crippen LogP contribution in [0.25, 0.3) is 10.4 Å². The van der Waals surface area contributed by atoms with E-state index in [2.05, 4.69) is 31.0 Å². The number of hydrogen-bond donors (Lipinski definition) is 4. The lowest BCUT2D eigenvalue weighted by molar-refractivity contribution is -0.132. The fourth-order valence-electron chi connectivity index (χ4n) is 5.05. The van der Waals surface area contributed by atoms with E-state index in [9.17, 15) is 28.3 Å². The molecule has 0 saturated carbocycles. The Morgan fingerprint density at radius 1 is 0.816 bits per heavy atom. The first-order chi connectivity index (χ1) is 23.4. The zero-order chi connectivity index (χ0) is 35.8. The van der Waals surface area contributed by atoms with Gasteiger partial charge in [0.25, 0.3) is 0 Å². The number of nitrogens with zero attached hydrogens (tertiary/aromatic N) is 4. The average Bonchev–Trinajstić information content (AvgIpc) is 3.07. The smallest absolute Gasteiger partial charge is 0.243 e. The minimum Gasteiger partial charge on any atom is -0.348 e. The number of hydrogen-bond acceptors (Lipinski definition) is 8. The molecule has 0 spiro atoms. The van der Waals surface area contributed by atoms with Crippen LogP contribution in [0.2, 0.25) is 0 Å². The van der Waals surface area contributed by atoms with Crippen LogP contribution < -0.4 is 21.7 Å². The number of azide groups is 1. The minimum absolute atomic E-state index is 0.0154. The third kappa shape index (κ3) is 13.9. The van der Waals surface area contributed by atoms with Crippen molar-refractivity contribution in [1.29, 1.82) is 0 Å². The van der Waals surface area contributed by atoms with Gasteiger partial charge in [-0.3, -0.25) is 19.4 Å². The number of sulfone groups is 1. The van der Waals surface area contributed by atoms with E-state index in [0.29, 0.717) is 6.54 Å². The Labute approximate surface area is 287 Å². The number of aromatic nitrogens is 1. The van der Waals surface area contributed by atoms with E-state index >= 15 is 0 Å². The Morgan fingerprint density at radius 2 is 1.39 bits per heavy atom. The number of carbonyl (C=O) groups excluding carboxylic acids is 3. The third-order valence-electron chi connectivity index (χ3n) is 7.53. The molecule has 1 heterocycles. The van der Waals surface area contributed by atoms with Crippen LogP contribution in [0.4, 0.5) is 0 Å². The first kappa shape index (κ1) is 38.4. The summed E-state index contributed by atoms with van der Waals surface area (Å²) < 4.78 is 23.8. The zero-order valence-electron chi connectivity index (χ0n) is 27.9. The fourth-order valence-corrected chi connectivity index (χ4v) is 5.52. The van der Waals surface area contributed by atoms with Crippen molar-refractivity contribution in [3.05, 3.63) is 123 Å². The highest BCUT2D eigenvalue weighted by molar-refractivity contribution is 7.93. The summed E-state index contributed by atoms with van der Waals surface area (Å²) in [5.41, 5.74) is 18.2. The van der Waals surface area contributed by atoms with Gasteiger partial charge in [0, 0.05) is 41.9 Å². The first-order valence-electron chi connectivity index (χ1n) is 15.9.